The van der Waals surface area contributed by atoms with E-state index in [4.69, 9.17) is 20.6 Å². The Kier molecular flexibility index (Phi) is 12.1. The summed E-state index contributed by atoms with van der Waals surface area (Å²) in [5.41, 5.74) is -1.67. The quantitative estimate of drug-likeness (QED) is 0.113. The van der Waals surface area contributed by atoms with E-state index in [1.54, 1.807) is 13.8 Å². The summed E-state index contributed by atoms with van der Waals surface area (Å²) in [6.45, 7) is 5.13. The van der Waals surface area contributed by atoms with Crippen LogP contribution in [0.3, 0.4) is 0 Å². The molecule has 1 amide bonds. The van der Waals surface area contributed by atoms with Gasteiger partial charge in [-0.2, -0.15) is 0 Å². The smallest absolute Gasteiger partial charge is 0.313 e. The van der Waals surface area contributed by atoms with Gasteiger partial charge in [-0.25, -0.2) is 0 Å². The molecule has 1 N–H and O–H groups in total. The molecule has 11 nitrogen and oxygen atoms in total. The number of hydrogen-bond acceptors (Lipinski definition) is 9. The fraction of sp³-hybridized carbons (Fsp3) is 0.680. The lowest BCUT2D eigenvalue weighted by Crippen LogP contribution is -2.55. The standard InChI is InChI=1S/C25H35NO10/c1-6-12-35-23(32)21(20(22(30)31)17(7-2)26-11-9-10-18(26)28)25(5,8-3)24(33)36-14-13-34-19(29)15-16(4)27/h1,17,20-21H,7-15H2,2-5H3,(H,30,31). The molecule has 1 aliphatic heterocycles. The van der Waals surface area contributed by atoms with Crippen molar-refractivity contribution in [3.8, 4) is 12.3 Å². The van der Waals surface area contributed by atoms with E-state index in [9.17, 15) is 33.9 Å². The van der Waals surface area contributed by atoms with Crippen molar-refractivity contribution in [2.24, 2.45) is 17.3 Å². The van der Waals surface area contributed by atoms with Gasteiger partial charge >= 0.3 is 23.9 Å². The molecule has 0 bridgehead atoms. The van der Waals surface area contributed by atoms with Crippen molar-refractivity contribution in [2.75, 3.05) is 26.4 Å². The van der Waals surface area contributed by atoms with Crippen LogP contribution < -0.4 is 0 Å². The third-order valence-corrected chi connectivity index (χ3v) is 6.40. The Morgan fingerprint density at radius 2 is 1.78 bits per heavy atom. The first-order valence-corrected chi connectivity index (χ1v) is 11.9. The van der Waals surface area contributed by atoms with Crippen LogP contribution in [-0.4, -0.2) is 78.0 Å². The maximum atomic E-state index is 13.2. The monoisotopic (exact) mass is 509 g/mol. The topological polar surface area (TPSA) is 154 Å². The van der Waals surface area contributed by atoms with Gasteiger partial charge < -0.3 is 24.2 Å². The first-order chi connectivity index (χ1) is 16.9. The van der Waals surface area contributed by atoms with Crippen molar-refractivity contribution in [3.63, 3.8) is 0 Å². The molecule has 0 aromatic rings. The van der Waals surface area contributed by atoms with E-state index in [0.717, 1.165) is 0 Å². The second-order valence-corrected chi connectivity index (χ2v) is 8.83. The van der Waals surface area contributed by atoms with Crippen LogP contribution in [0.15, 0.2) is 0 Å². The second-order valence-electron chi connectivity index (χ2n) is 8.83. The highest BCUT2D eigenvalue weighted by Gasteiger charge is 2.55. The summed E-state index contributed by atoms with van der Waals surface area (Å²) in [4.78, 5) is 75.4. The zero-order valence-electron chi connectivity index (χ0n) is 21.2. The van der Waals surface area contributed by atoms with Crippen LogP contribution in [0, 0.1) is 29.6 Å². The number of nitrogens with zero attached hydrogens (tertiary/aromatic N) is 1. The van der Waals surface area contributed by atoms with Crippen LogP contribution in [0.25, 0.3) is 0 Å². The number of Topliss-reactive ketones (excluding diaryl/α,β-unsaturated/α-hetero) is 1. The predicted molar refractivity (Wildman–Crippen MR) is 125 cm³/mol. The van der Waals surface area contributed by atoms with Crippen LogP contribution in [0.5, 0.6) is 0 Å². The fourth-order valence-electron chi connectivity index (χ4n) is 4.42. The molecule has 4 atom stereocenters. The van der Waals surface area contributed by atoms with Gasteiger partial charge in [-0.3, -0.25) is 28.8 Å². The number of ether oxygens (including phenoxy) is 3. The Bertz CT molecular complexity index is 892. The van der Waals surface area contributed by atoms with Gasteiger partial charge in [-0.1, -0.05) is 19.8 Å². The lowest BCUT2D eigenvalue weighted by molar-refractivity contribution is -0.179. The van der Waals surface area contributed by atoms with Gasteiger partial charge in [-0.05, 0) is 33.1 Å². The number of aliphatic carboxylic acids is 1. The summed E-state index contributed by atoms with van der Waals surface area (Å²) in [6, 6.07) is -0.868. The van der Waals surface area contributed by atoms with E-state index in [-0.39, 0.29) is 44.2 Å². The van der Waals surface area contributed by atoms with E-state index in [0.29, 0.717) is 13.0 Å². The van der Waals surface area contributed by atoms with Crippen molar-refractivity contribution >= 4 is 35.6 Å². The number of rotatable bonds is 15. The Morgan fingerprint density at radius 3 is 2.25 bits per heavy atom. The number of carbonyl (C=O) groups is 6. The van der Waals surface area contributed by atoms with Crippen LogP contribution >= 0.6 is 0 Å². The van der Waals surface area contributed by atoms with Crippen molar-refractivity contribution in [2.45, 2.75) is 65.8 Å². The summed E-state index contributed by atoms with van der Waals surface area (Å²) < 4.78 is 15.2. The normalized spacial score (nSPS) is 17.2. The molecule has 0 radical (unpaired) electrons. The average molecular weight is 510 g/mol. The summed E-state index contributed by atoms with van der Waals surface area (Å²) in [5.74, 6) is -5.50. The maximum Gasteiger partial charge on any atom is 0.313 e. The summed E-state index contributed by atoms with van der Waals surface area (Å²) in [7, 11) is 0. The van der Waals surface area contributed by atoms with Gasteiger partial charge in [-0.15, -0.1) is 6.42 Å². The molecule has 36 heavy (non-hydrogen) atoms. The first-order valence-electron chi connectivity index (χ1n) is 11.9. The van der Waals surface area contributed by atoms with Gasteiger partial charge in [0.2, 0.25) is 5.91 Å². The summed E-state index contributed by atoms with van der Waals surface area (Å²) in [5, 5.41) is 10.2. The number of hydrogen-bond donors (Lipinski definition) is 1. The van der Waals surface area contributed by atoms with Crippen molar-refractivity contribution in [1.82, 2.24) is 4.90 Å². The molecule has 1 fully saturated rings. The highest BCUT2D eigenvalue weighted by Crippen LogP contribution is 2.42. The van der Waals surface area contributed by atoms with E-state index >= 15 is 0 Å². The molecular formula is C25H35NO10. The van der Waals surface area contributed by atoms with E-state index in [1.165, 1.54) is 18.7 Å². The Labute approximate surface area is 210 Å². The zero-order valence-corrected chi connectivity index (χ0v) is 21.2. The molecule has 0 aromatic heterocycles. The summed E-state index contributed by atoms with van der Waals surface area (Å²) in [6.07, 6.45) is 5.84. The molecule has 200 valence electrons. The molecule has 1 saturated heterocycles. The average Bonchev–Trinajstić information content (AvgIpc) is 3.24. The first kappa shape index (κ1) is 30.6. The van der Waals surface area contributed by atoms with E-state index < -0.39 is 60.2 Å². The molecule has 0 saturated carbocycles. The molecule has 11 heteroatoms. The zero-order chi connectivity index (χ0) is 27.5. The van der Waals surface area contributed by atoms with Gasteiger partial charge in [0.1, 0.15) is 25.4 Å². The Balaban J connectivity index is 3.28. The Morgan fingerprint density at radius 1 is 1.14 bits per heavy atom. The lowest BCUT2D eigenvalue weighted by Gasteiger charge is -2.41. The van der Waals surface area contributed by atoms with Crippen molar-refractivity contribution in [1.29, 1.82) is 0 Å². The minimum atomic E-state index is -1.67. The molecule has 1 heterocycles. The maximum absolute atomic E-state index is 13.2. The minimum Gasteiger partial charge on any atom is -0.481 e. The molecule has 4 unspecified atom stereocenters. The van der Waals surface area contributed by atoms with E-state index in [2.05, 4.69) is 5.92 Å². The van der Waals surface area contributed by atoms with Crippen LogP contribution in [0.2, 0.25) is 0 Å². The Hall–Kier alpha value is -3.42. The minimum absolute atomic E-state index is 0.0000610. The van der Waals surface area contributed by atoms with Crippen LogP contribution in [-0.2, 0) is 43.0 Å². The van der Waals surface area contributed by atoms with Crippen LogP contribution in [0.4, 0.5) is 0 Å². The van der Waals surface area contributed by atoms with Gasteiger partial charge in [0.25, 0.3) is 0 Å². The van der Waals surface area contributed by atoms with Crippen molar-refractivity contribution in [3.05, 3.63) is 0 Å². The number of likely N-dealkylation sites (tertiary alicyclic amines) is 1. The number of esters is 3. The highest BCUT2D eigenvalue weighted by molar-refractivity contribution is 5.94. The highest BCUT2D eigenvalue weighted by atomic mass is 16.6. The third kappa shape index (κ3) is 7.80. The SMILES string of the molecule is C#CCOC(=O)C(C(C(=O)O)C(CC)N1CCCC1=O)C(C)(CC)C(=O)OCCOC(=O)CC(C)=O. The second kappa shape index (κ2) is 14.2. The number of terminal acetylenes is 1. The third-order valence-electron chi connectivity index (χ3n) is 6.40. The number of carboxylic acid groups (broad SMARTS) is 1. The molecule has 1 aliphatic rings. The number of ketones is 1. The molecular weight excluding hydrogens is 474 g/mol. The molecule has 0 aliphatic carbocycles. The van der Waals surface area contributed by atoms with Gasteiger partial charge in [0.15, 0.2) is 6.61 Å². The molecule has 0 aromatic carbocycles. The van der Waals surface area contributed by atoms with Gasteiger partial charge in [0.05, 0.1) is 17.3 Å². The van der Waals surface area contributed by atoms with Crippen LogP contribution in [0.1, 0.15) is 59.8 Å². The predicted octanol–water partition coefficient (Wildman–Crippen LogP) is 1.36. The number of amides is 1. The summed E-state index contributed by atoms with van der Waals surface area (Å²) >= 11 is 0. The number of carboxylic acids is 1. The van der Waals surface area contributed by atoms with Gasteiger partial charge in [0, 0.05) is 19.0 Å². The van der Waals surface area contributed by atoms with Crippen molar-refractivity contribution < 1.29 is 48.1 Å². The van der Waals surface area contributed by atoms with E-state index in [1.807, 2.05) is 0 Å². The molecule has 0 spiro atoms. The largest absolute Gasteiger partial charge is 0.481 e. The lowest BCUT2D eigenvalue weighted by atomic mass is 9.66. The fourth-order valence-corrected chi connectivity index (χ4v) is 4.42. The molecule has 1 rings (SSSR count). The number of carbonyl (C=O) groups excluding carboxylic acids is 5.